The third-order valence-corrected chi connectivity index (χ3v) is 6.05. The van der Waals surface area contributed by atoms with Crippen LogP contribution in [-0.4, -0.2) is 34.1 Å². The van der Waals surface area contributed by atoms with Crippen LogP contribution in [0.2, 0.25) is 0 Å². The van der Waals surface area contributed by atoms with Crippen LogP contribution >= 0.6 is 27.7 Å². The minimum Gasteiger partial charge on any atom is -0.368 e. The lowest BCUT2D eigenvalue weighted by Gasteiger charge is -2.36. The molecule has 2 N–H and O–H groups in total. The summed E-state index contributed by atoms with van der Waals surface area (Å²) in [5.41, 5.74) is 0. The predicted molar refractivity (Wildman–Crippen MR) is 96.3 cm³/mol. The maximum atomic E-state index is 4.57. The van der Waals surface area contributed by atoms with Gasteiger partial charge in [0.15, 0.2) is 0 Å². The highest BCUT2D eigenvalue weighted by atomic mass is 79.9. The minimum absolute atomic E-state index is 0.361. The molecule has 6 heteroatoms. The number of hydrogen-bond acceptors (Lipinski definition) is 5. The molecule has 118 valence electrons. The SMILES string of the molecule is CCCNc1ncc(Br)c(NCC2(SC)CCCCC2)n1. The van der Waals surface area contributed by atoms with Gasteiger partial charge in [-0.1, -0.05) is 26.2 Å². The summed E-state index contributed by atoms with van der Waals surface area (Å²) in [5.74, 6) is 1.59. The van der Waals surface area contributed by atoms with Crippen LogP contribution in [0.3, 0.4) is 0 Å². The van der Waals surface area contributed by atoms with Crippen LogP contribution in [0, 0.1) is 0 Å². The van der Waals surface area contributed by atoms with Crippen molar-refractivity contribution in [3.05, 3.63) is 10.7 Å². The Hall–Kier alpha value is -0.490. The van der Waals surface area contributed by atoms with E-state index in [1.807, 2.05) is 18.0 Å². The number of halogens is 1. The Morgan fingerprint density at radius 2 is 2.05 bits per heavy atom. The molecule has 1 aromatic heterocycles. The molecule has 0 unspecified atom stereocenters. The van der Waals surface area contributed by atoms with Crippen LogP contribution in [0.5, 0.6) is 0 Å². The molecular formula is C15H25BrN4S. The van der Waals surface area contributed by atoms with Gasteiger partial charge in [0.25, 0.3) is 0 Å². The summed E-state index contributed by atoms with van der Waals surface area (Å²) in [6, 6.07) is 0. The molecule has 0 aromatic carbocycles. The van der Waals surface area contributed by atoms with Crippen molar-refractivity contribution in [3.8, 4) is 0 Å². The van der Waals surface area contributed by atoms with E-state index in [-0.39, 0.29) is 0 Å². The molecule has 0 aliphatic heterocycles. The number of nitrogens with zero attached hydrogens (tertiary/aromatic N) is 2. The minimum atomic E-state index is 0.361. The normalized spacial score (nSPS) is 17.5. The van der Waals surface area contributed by atoms with Crippen molar-refractivity contribution in [2.24, 2.45) is 0 Å². The molecule has 1 aromatic rings. The van der Waals surface area contributed by atoms with Gasteiger partial charge in [-0.05, 0) is 41.4 Å². The summed E-state index contributed by atoms with van der Waals surface area (Å²) in [6.07, 6.45) is 11.8. The van der Waals surface area contributed by atoms with Crippen molar-refractivity contribution in [2.75, 3.05) is 30.0 Å². The lowest BCUT2D eigenvalue weighted by Crippen LogP contribution is -2.35. The lowest BCUT2D eigenvalue weighted by atomic mass is 9.88. The molecular weight excluding hydrogens is 348 g/mol. The van der Waals surface area contributed by atoms with Gasteiger partial charge < -0.3 is 10.6 Å². The zero-order valence-corrected chi connectivity index (χ0v) is 15.3. The smallest absolute Gasteiger partial charge is 0.224 e. The maximum absolute atomic E-state index is 4.57. The highest BCUT2D eigenvalue weighted by Gasteiger charge is 2.31. The molecule has 0 spiro atoms. The summed E-state index contributed by atoms with van der Waals surface area (Å²) in [6.45, 7) is 4.00. The lowest BCUT2D eigenvalue weighted by molar-refractivity contribution is 0.411. The van der Waals surface area contributed by atoms with E-state index >= 15 is 0 Å². The Morgan fingerprint density at radius 3 is 2.71 bits per heavy atom. The van der Waals surface area contributed by atoms with Crippen molar-refractivity contribution in [3.63, 3.8) is 0 Å². The Balaban J connectivity index is 2.00. The first-order valence-corrected chi connectivity index (χ1v) is 9.76. The van der Waals surface area contributed by atoms with Gasteiger partial charge in [-0.15, -0.1) is 0 Å². The van der Waals surface area contributed by atoms with E-state index < -0.39 is 0 Å². The summed E-state index contributed by atoms with van der Waals surface area (Å²) < 4.78 is 1.29. The van der Waals surface area contributed by atoms with Crippen molar-refractivity contribution >= 4 is 39.5 Å². The number of anilines is 2. The van der Waals surface area contributed by atoms with E-state index in [0.29, 0.717) is 10.7 Å². The quantitative estimate of drug-likeness (QED) is 0.735. The summed E-state index contributed by atoms with van der Waals surface area (Å²) in [4.78, 5) is 8.86. The highest BCUT2D eigenvalue weighted by Crippen LogP contribution is 2.38. The number of nitrogens with one attached hydrogen (secondary N) is 2. The molecule has 1 heterocycles. The van der Waals surface area contributed by atoms with E-state index in [4.69, 9.17) is 0 Å². The fraction of sp³-hybridized carbons (Fsp3) is 0.733. The van der Waals surface area contributed by atoms with Gasteiger partial charge in [-0.2, -0.15) is 16.7 Å². The van der Waals surface area contributed by atoms with Crippen LogP contribution in [0.25, 0.3) is 0 Å². The molecule has 0 saturated heterocycles. The third-order valence-electron chi connectivity index (χ3n) is 4.05. The van der Waals surface area contributed by atoms with Crippen LogP contribution < -0.4 is 10.6 Å². The topological polar surface area (TPSA) is 49.8 Å². The fourth-order valence-corrected chi connectivity index (χ4v) is 3.95. The average Bonchev–Trinajstić information content (AvgIpc) is 2.53. The number of thioether (sulfide) groups is 1. The third kappa shape index (κ3) is 4.74. The van der Waals surface area contributed by atoms with Gasteiger partial charge in [0.1, 0.15) is 5.82 Å². The molecule has 0 amide bonds. The van der Waals surface area contributed by atoms with E-state index in [1.54, 1.807) is 0 Å². The summed E-state index contributed by atoms with van der Waals surface area (Å²) in [5, 5.41) is 6.77. The zero-order chi connectivity index (χ0) is 15.1. The molecule has 1 fully saturated rings. The Kier molecular flexibility index (Phi) is 6.61. The van der Waals surface area contributed by atoms with Gasteiger partial charge in [0.05, 0.1) is 4.47 Å². The predicted octanol–water partition coefficient (Wildman–Crippen LogP) is 4.54. The van der Waals surface area contributed by atoms with Crippen LogP contribution in [0.4, 0.5) is 11.8 Å². The fourth-order valence-electron chi connectivity index (χ4n) is 2.71. The Labute approximate surface area is 140 Å². The number of hydrogen-bond donors (Lipinski definition) is 2. The molecule has 0 radical (unpaired) electrons. The summed E-state index contributed by atoms with van der Waals surface area (Å²) in [7, 11) is 0. The van der Waals surface area contributed by atoms with Crippen molar-refractivity contribution in [2.45, 2.75) is 50.2 Å². The van der Waals surface area contributed by atoms with Gasteiger partial charge in [0, 0.05) is 24.0 Å². The average molecular weight is 373 g/mol. The van der Waals surface area contributed by atoms with Crippen molar-refractivity contribution < 1.29 is 0 Å². The zero-order valence-electron chi connectivity index (χ0n) is 12.9. The second-order valence-electron chi connectivity index (χ2n) is 5.62. The van der Waals surface area contributed by atoms with E-state index in [2.05, 4.69) is 49.7 Å². The largest absolute Gasteiger partial charge is 0.368 e. The van der Waals surface area contributed by atoms with E-state index in [9.17, 15) is 0 Å². The van der Waals surface area contributed by atoms with E-state index in [1.165, 1.54) is 32.1 Å². The van der Waals surface area contributed by atoms with Gasteiger partial charge in [-0.25, -0.2) is 4.98 Å². The molecule has 1 aliphatic carbocycles. The van der Waals surface area contributed by atoms with Crippen LogP contribution in [0.15, 0.2) is 10.7 Å². The first-order chi connectivity index (χ1) is 10.2. The van der Waals surface area contributed by atoms with Gasteiger partial charge in [-0.3, -0.25) is 0 Å². The Bertz CT molecular complexity index is 449. The molecule has 0 bridgehead atoms. The summed E-state index contributed by atoms with van der Waals surface area (Å²) >= 11 is 5.54. The number of rotatable bonds is 7. The molecule has 2 rings (SSSR count). The second kappa shape index (κ2) is 8.22. The van der Waals surface area contributed by atoms with Gasteiger partial charge in [0.2, 0.25) is 5.95 Å². The molecule has 0 atom stereocenters. The van der Waals surface area contributed by atoms with E-state index in [0.717, 1.165) is 29.8 Å². The molecule has 4 nitrogen and oxygen atoms in total. The monoisotopic (exact) mass is 372 g/mol. The molecule has 1 aliphatic rings. The van der Waals surface area contributed by atoms with Crippen molar-refractivity contribution in [1.29, 1.82) is 0 Å². The standard InChI is InChI=1S/C15H25BrN4S/c1-3-9-17-14-18-10-12(16)13(20-14)19-11-15(21-2)7-5-4-6-8-15/h10H,3-9,11H2,1-2H3,(H2,17,18,19,20). The number of aromatic nitrogens is 2. The second-order valence-corrected chi connectivity index (χ2v) is 7.75. The molecule has 1 saturated carbocycles. The first-order valence-electron chi connectivity index (χ1n) is 7.74. The first kappa shape index (κ1) is 16.9. The van der Waals surface area contributed by atoms with Crippen molar-refractivity contribution in [1.82, 2.24) is 9.97 Å². The Morgan fingerprint density at radius 1 is 1.29 bits per heavy atom. The van der Waals surface area contributed by atoms with Crippen LogP contribution in [0.1, 0.15) is 45.4 Å². The van der Waals surface area contributed by atoms with Crippen LogP contribution in [-0.2, 0) is 0 Å². The van der Waals surface area contributed by atoms with Gasteiger partial charge >= 0.3 is 0 Å². The maximum Gasteiger partial charge on any atom is 0.224 e. The highest BCUT2D eigenvalue weighted by molar-refractivity contribution is 9.10. The molecule has 21 heavy (non-hydrogen) atoms.